The van der Waals surface area contributed by atoms with Crippen molar-refractivity contribution in [1.29, 1.82) is 0 Å². The number of allylic oxidation sites excluding steroid dienone is 1. The minimum absolute atomic E-state index is 1.25. The van der Waals surface area contributed by atoms with Gasteiger partial charge in [-0.3, -0.25) is 0 Å². The highest BCUT2D eigenvalue weighted by Gasteiger charge is 1.91. The van der Waals surface area contributed by atoms with Crippen LogP contribution in [0.3, 0.4) is 0 Å². The Bertz CT molecular complexity index is 46.4. The summed E-state index contributed by atoms with van der Waals surface area (Å²) in [5, 5.41) is 6.00. The van der Waals surface area contributed by atoms with Gasteiger partial charge in [-0.1, -0.05) is 6.08 Å². The molecule has 0 amide bonds. The molecule has 0 atom stereocenters. The summed E-state index contributed by atoms with van der Waals surface area (Å²) in [5.74, 6) is 0. The van der Waals surface area contributed by atoms with E-state index in [4.69, 9.17) is 0 Å². The quantitative estimate of drug-likeness (QED) is 0.366. The average molecular weight is 128 g/mol. The molecule has 2 fully saturated rings. The zero-order chi connectivity index (χ0) is 6.95. The highest BCUT2D eigenvalue weighted by atomic mass is 15.0. The van der Waals surface area contributed by atoms with Gasteiger partial charge in [-0.05, 0) is 6.92 Å². The Labute approximate surface area is 57.3 Å². The lowest BCUT2D eigenvalue weighted by Gasteiger charge is -1.31. The Balaban J connectivity index is 0.000000107. The molecule has 0 aliphatic carbocycles. The zero-order valence-electron chi connectivity index (χ0n) is 6.11. The Morgan fingerprint density at radius 3 is 1.22 bits per heavy atom. The molecule has 0 aromatic heterocycles. The molecule has 0 radical (unpaired) electrons. The third-order valence-corrected chi connectivity index (χ3v) is 0.500. The molecule has 2 heterocycles. The third-order valence-electron chi connectivity index (χ3n) is 0.500. The lowest BCUT2D eigenvalue weighted by Crippen LogP contribution is -1.56. The maximum absolute atomic E-state index is 3.36. The van der Waals surface area contributed by atoms with E-state index in [1.165, 1.54) is 26.2 Å². The topological polar surface area (TPSA) is 43.9 Å². The first-order chi connectivity index (χ1) is 4.41. The first kappa shape index (κ1) is 8.66. The summed E-state index contributed by atoms with van der Waals surface area (Å²) < 4.78 is 0. The van der Waals surface area contributed by atoms with Crippen molar-refractivity contribution in [3.63, 3.8) is 0 Å². The Morgan fingerprint density at radius 2 is 1.22 bits per heavy atom. The van der Waals surface area contributed by atoms with Crippen LogP contribution in [0.15, 0.2) is 12.7 Å². The number of rotatable bonds is 0. The average Bonchev–Trinajstić information content (AvgIpc) is 2.66. The van der Waals surface area contributed by atoms with Crippen LogP contribution in [-0.4, -0.2) is 26.2 Å². The highest BCUT2D eigenvalue weighted by Crippen LogP contribution is 1.65. The molecule has 0 spiro atoms. The molecule has 0 aromatic carbocycles. The predicted octanol–water partition coefficient (Wildman–Crippen LogP) is 0.371. The Kier molecular flexibility index (Phi) is 7.37. The Hall–Kier alpha value is -0.340. The maximum atomic E-state index is 3.36. The van der Waals surface area contributed by atoms with Gasteiger partial charge < -0.3 is 10.6 Å². The number of hydrogen-bond donors (Lipinski definition) is 2. The molecular formula is C7H16N2. The van der Waals surface area contributed by atoms with E-state index in [1.807, 2.05) is 6.92 Å². The van der Waals surface area contributed by atoms with Crippen molar-refractivity contribution >= 4 is 0 Å². The summed E-state index contributed by atoms with van der Waals surface area (Å²) in [7, 11) is 0. The van der Waals surface area contributed by atoms with Crippen LogP contribution in [0.5, 0.6) is 0 Å². The third kappa shape index (κ3) is 89.1. The molecule has 0 aromatic rings. The van der Waals surface area contributed by atoms with E-state index in [-0.39, 0.29) is 0 Å². The molecule has 0 unspecified atom stereocenters. The van der Waals surface area contributed by atoms with Gasteiger partial charge in [0.15, 0.2) is 0 Å². The van der Waals surface area contributed by atoms with E-state index < -0.39 is 0 Å². The predicted molar refractivity (Wildman–Crippen MR) is 41.6 cm³/mol. The number of hydrogen-bond acceptors (Lipinski definition) is 2. The van der Waals surface area contributed by atoms with E-state index >= 15 is 0 Å². The van der Waals surface area contributed by atoms with Crippen LogP contribution in [0.2, 0.25) is 0 Å². The monoisotopic (exact) mass is 128 g/mol. The molecule has 2 N–H and O–H groups in total. The van der Waals surface area contributed by atoms with Crippen LogP contribution in [0, 0.1) is 0 Å². The van der Waals surface area contributed by atoms with Crippen LogP contribution in [0.4, 0.5) is 0 Å². The van der Waals surface area contributed by atoms with E-state index in [2.05, 4.69) is 17.2 Å². The summed E-state index contributed by atoms with van der Waals surface area (Å²) in [5.41, 5.74) is 0. The summed E-state index contributed by atoms with van der Waals surface area (Å²) in [6.45, 7) is 10.2. The fraction of sp³-hybridized carbons (Fsp3) is 0.714. The van der Waals surface area contributed by atoms with Gasteiger partial charge in [-0.25, -0.2) is 0 Å². The van der Waals surface area contributed by atoms with Crippen molar-refractivity contribution in [2.75, 3.05) is 26.2 Å². The molecule has 0 bridgehead atoms. The molecule has 54 valence electrons. The fourth-order valence-corrected chi connectivity index (χ4v) is 0. The van der Waals surface area contributed by atoms with Gasteiger partial charge >= 0.3 is 0 Å². The Morgan fingerprint density at radius 1 is 1.11 bits per heavy atom. The lowest BCUT2D eigenvalue weighted by atomic mass is 10.8. The van der Waals surface area contributed by atoms with Crippen molar-refractivity contribution in [3.05, 3.63) is 12.7 Å². The zero-order valence-corrected chi connectivity index (χ0v) is 6.11. The summed E-state index contributed by atoms with van der Waals surface area (Å²) in [6.07, 6.45) is 1.75. The molecule has 2 saturated heterocycles. The second kappa shape index (κ2) is 7.66. The second-order valence-corrected chi connectivity index (χ2v) is 1.91. The summed E-state index contributed by atoms with van der Waals surface area (Å²) in [6, 6.07) is 0. The first-order valence-electron chi connectivity index (χ1n) is 3.40. The van der Waals surface area contributed by atoms with Crippen molar-refractivity contribution in [1.82, 2.24) is 10.6 Å². The molecule has 2 heteroatoms. The van der Waals surface area contributed by atoms with Gasteiger partial charge in [0.05, 0.1) is 0 Å². The molecule has 2 aliphatic heterocycles. The standard InChI is InChI=1S/C3H6.2C2H5N/c1-3-2;2*1-2-3-1/h3H,1H2,2H3;2*3H,1-2H2. The van der Waals surface area contributed by atoms with Crippen LogP contribution in [0.25, 0.3) is 0 Å². The van der Waals surface area contributed by atoms with Crippen LogP contribution in [-0.2, 0) is 0 Å². The van der Waals surface area contributed by atoms with E-state index in [9.17, 15) is 0 Å². The van der Waals surface area contributed by atoms with Gasteiger partial charge in [0.1, 0.15) is 0 Å². The molecule has 0 saturated carbocycles. The minimum atomic E-state index is 1.25. The van der Waals surface area contributed by atoms with Gasteiger partial charge in [0.2, 0.25) is 0 Å². The van der Waals surface area contributed by atoms with E-state index in [0.29, 0.717) is 0 Å². The van der Waals surface area contributed by atoms with Crippen molar-refractivity contribution in [2.24, 2.45) is 0 Å². The SMILES string of the molecule is C1CN1.C1CN1.C=CC. The van der Waals surface area contributed by atoms with Crippen molar-refractivity contribution in [3.8, 4) is 0 Å². The van der Waals surface area contributed by atoms with Crippen molar-refractivity contribution in [2.45, 2.75) is 6.92 Å². The molecule has 2 nitrogen and oxygen atoms in total. The second-order valence-electron chi connectivity index (χ2n) is 1.91. The molecule has 2 rings (SSSR count). The molecule has 9 heavy (non-hydrogen) atoms. The normalized spacial score (nSPS) is 17.4. The van der Waals surface area contributed by atoms with Crippen LogP contribution >= 0.6 is 0 Å². The van der Waals surface area contributed by atoms with Gasteiger partial charge in [-0.15, -0.1) is 6.58 Å². The van der Waals surface area contributed by atoms with Crippen molar-refractivity contribution < 1.29 is 0 Å². The minimum Gasteiger partial charge on any atom is -0.314 e. The maximum Gasteiger partial charge on any atom is 0.00772 e. The van der Waals surface area contributed by atoms with Gasteiger partial charge in [0, 0.05) is 26.2 Å². The van der Waals surface area contributed by atoms with Gasteiger partial charge in [0.25, 0.3) is 0 Å². The molecular weight excluding hydrogens is 112 g/mol. The largest absolute Gasteiger partial charge is 0.314 e. The fourth-order valence-electron chi connectivity index (χ4n) is 0. The van der Waals surface area contributed by atoms with Gasteiger partial charge in [-0.2, -0.15) is 0 Å². The first-order valence-corrected chi connectivity index (χ1v) is 3.40. The van der Waals surface area contributed by atoms with E-state index in [0.717, 1.165) is 0 Å². The lowest BCUT2D eigenvalue weighted by molar-refractivity contribution is 1.34. The van der Waals surface area contributed by atoms with Crippen LogP contribution in [0.1, 0.15) is 6.92 Å². The molecule has 2 aliphatic rings. The van der Waals surface area contributed by atoms with Crippen LogP contribution < -0.4 is 10.6 Å². The van der Waals surface area contributed by atoms with E-state index in [1.54, 1.807) is 6.08 Å². The summed E-state index contributed by atoms with van der Waals surface area (Å²) >= 11 is 0. The highest BCUT2D eigenvalue weighted by molar-refractivity contribution is 4.59. The smallest absolute Gasteiger partial charge is 0.00772 e. The summed E-state index contributed by atoms with van der Waals surface area (Å²) in [4.78, 5) is 0. The number of nitrogens with one attached hydrogen (secondary N) is 2.